The highest BCUT2D eigenvalue weighted by Gasteiger charge is 2.11. The van der Waals surface area contributed by atoms with Gasteiger partial charge in [0.05, 0.1) is 11.1 Å². The van der Waals surface area contributed by atoms with Crippen molar-refractivity contribution in [1.82, 2.24) is 4.83 Å². The molecule has 120 valence electrons. The molecule has 6 heteroatoms. The Balaban J connectivity index is 2.06. The van der Waals surface area contributed by atoms with E-state index in [0.717, 1.165) is 11.1 Å². The van der Waals surface area contributed by atoms with E-state index in [1.807, 2.05) is 6.92 Å². The van der Waals surface area contributed by atoms with Gasteiger partial charge in [0.2, 0.25) is 0 Å². The molecule has 0 aliphatic carbocycles. The number of aryl methyl sites for hydroxylation is 1. The minimum absolute atomic E-state index is 0.170. The molecule has 0 saturated carbocycles. The first kappa shape index (κ1) is 16.8. The lowest BCUT2D eigenvalue weighted by Crippen LogP contribution is -2.18. The molecule has 0 aromatic heterocycles. The maximum absolute atomic E-state index is 12.1. The van der Waals surface area contributed by atoms with E-state index in [-0.39, 0.29) is 4.90 Å². The highest BCUT2D eigenvalue weighted by atomic mass is 32.2. The number of rotatable bonds is 7. The summed E-state index contributed by atoms with van der Waals surface area (Å²) in [7, 11) is -3.66. The molecule has 0 heterocycles. The van der Waals surface area contributed by atoms with E-state index in [2.05, 4.69) is 16.5 Å². The van der Waals surface area contributed by atoms with Crippen LogP contribution in [-0.4, -0.2) is 21.2 Å². The number of hydrogen-bond donors (Lipinski definition) is 1. The summed E-state index contributed by atoms with van der Waals surface area (Å²) < 4.78 is 29.6. The molecule has 0 bridgehead atoms. The highest BCUT2D eigenvalue weighted by Crippen LogP contribution is 2.12. The van der Waals surface area contributed by atoms with Gasteiger partial charge >= 0.3 is 0 Å². The van der Waals surface area contributed by atoms with Crippen molar-refractivity contribution in [2.45, 2.75) is 11.8 Å². The second kappa shape index (κ2) is 7.60. The lowest BCUT2D eigenvalue weighted by Gasteiger charge is -2.04. The smallest absolute Gasteiger partial charge is 0.276 e. The van der Waals surface area contributed by atoms with E-state index < -0.39 is 10.0 Å². The van der Waals surface area contributed by atoms with Crippen LogP contribution in [0.4, 0.5) is 0 Å². The third-order valence-corrected chi connectivity index (χ3v) is 4.18. The zero-order valence-corrected chi connectivity index (χ0v) is 13.6. The normalized spacial score (nSPS) is 11.3. The summed E-state index contributed by atoms with van der Waals surface area (Å²) >= 11 is 0. The molecule has 2 aromatic rings. The Morgan fingerprint density at radius 1 is 1.22 bits per heavy atom. The van der Waals surface area contributed by atoms with Crippen LogP contribution in [-0.2, 0) is 10.0 Å². The van der Waals surface area contributed by atoms with Gasteiger partial charge in [-0.2, -0.15) is 13.5 Å². The van der Waals surface area contributed by atoms with Gasteiger partial charge in [0.15, 0.2) is 0 Å². The molecule has 0 spiro atoms. The van der Waals surface area contributed by atoms with Gasteiger partial charge in [-0.15, -0.1) is 0 Å². The Morgan fingerprint density at radius 2 is 1.96 bits per heavy atom. The molecule has 0 aliphatic heterocycles. The van der Waals surface area contributed by atoms with E-state index in [4.69, 9.17) is 4.74 Å². The summed E-state index contributed by atoms with van der Waals surface area (Å²) in [5.41, 5.74) is 1.71. The van der Waals surface area contributed by atoms with Crippen molar-refractivity contribution in [2.75, 3.05) is 6.61 Å². The number of benzene rings is 2. The second-order valence-electron chi connectivity index (χ2n) is 4.84. The fourth-order valence-corrected chi connectivity index (χ4v) is 2.57. The van der Waals surface area contributed by atoms with E-state index in [1.165, 1.54) is 18.3 Å². The molecule has 0 amide bonds. The monoisotopic (exact) mass is 330 g/mol. The van der Waals surface area contributed by atoms with Gasteiger partial charge in [0, 0.05) is 0 Å². The van der Waals surface area contributed by atoms with Gasteiger partial charge in [0.25, 0.3) is 10.0 Å². The minimum Gasteiger partial charge on any atom is -0.490 e. The standard InChI is InChI=1S/C17H18N2O3S/c1-3-11-22-16-6-4-5-15(12-16)13-18-19-23(20,21)17-9-7-14(2)8-10-17/h3-10,12-13,19H,1,11H2,2H3/b18-13-. The maximum atomic E-state index is 12.1. The first-order valence-corrected chi connectivity index (χ1v) is 8.45. The van der Waals surface area contributed by atoms with Crippen LogP contribution in [0.5, 0.6) is 5.75 Å². The SMILES string of the molecule is C=CCOc1cccc(/C=N\NS(=O)(=O)c2ccc(C)cc2)c1. The van der Waals surface area contributed by atoms with Gasteiger partial charge in [-0.3, -0.25) is 0 Å². The molecule has 5 nitrogen and oxygen atoms in total. The van der Waals surface area contributed by atoms with Gasteiger partial charge in [-0.05, 0) is 36.8 Å². The third-order valence-electron chi connectivity index (χ3n) is 2.94. The summed E-state index contributed by atoms with van der Waals surface area (Å²) in [4.78, 5) is 2.36. The highest BCUT2D eigenvalue weighted by molar-refractivity contribution is 7.89. The average Bonchev–Trinajstić information content (AvgIpc) is 2.53. The van der Waals surface area contributed by atoms with Crippen molar-refractivity contribution in [2.24, 2.45) is 5.10 Å². The van der Waals surface area contributed by atoms with E-state index in [0.29, 0.717) is 12.4 Å². The lowest BCUT2D eigenvalue weighted by atomic mass is 10.2. The van der Waals surface area contributed by atoms with Crippen LogP contribution in [0.15, 0.2) is 71.2 Å². The molecule has 0 aliphatic rings. The Bertz CT molecular complexity index is 797. The van der Waals surface area contributed by atoms with Gasteiger partial charge in [-0.1, -0.05) is 42.5 Å². The first-order chi connectivity index (χ1) is 11.0. The molecule has 0 fully saturated rings. The third kappa shape index (κ3) is 4.96. The molecule has 0 atom stereocenters. The summed E-state index contributed by atoms with van der Waals surface area (Å²) in [6, 6.07) is 13.7. The average molecular weight is 330 g/mol. The maximum Gasteiger partial charge on any atom is 0.276 e. The Kier molecular flexibility index (Phi) is 5.54. The molecular formula is C17H18N2O3S. The van der Waals surface area contributed by atoms with Crippen molar-refractivity contribution >= 4 is 16.2 Å². The first-order valence-electron chi connectivity index (χ1n) is 6.96. The molecule has 1 N–H and O–H groups in total. The predicted octanol–water partition coefficient (Wildman–Crippen LogP) is 2.87. The van der Waals surface area contributed by atoms with E-state index in [9.17, 15) is 8.42 Å². The van der Waals surface area contributed by atoms with Gasteiger partial charge in [-0.25, -0.2) is 4.83 Å². The van der Waals surface area contributed by atoms with E-state index >= 15 is 0 Å². The van der Waals surface area contributed by atoms with Crippen LogP contribution in [0.25, 0.3) is 0 Å². The van der Waals surface area contributed by atoms with Crippen molar-refractivity contribution in [3.8, 4) is 5.75 Å². The Morgan fingerprint density at radius 3 is 2.65 bits per heavy atom. The largest absolute Gasteiger partial charge is 0.490 e. The van der Waals surface area contributed by atoms with Crippen molar-refractivity contribution in [3.05, 3.63) is 72.3 Å². The number of hydrazone groups is 1. The molecule has 0 radical (unpaired) electrons. The molecule has 23 heavy (non-hydrogen) atoms. The number of nitrogens with zero attached hydrogens (tertiary/aromatic N) is 1. The topological polar surface area (TPSA) is 67.8 Å². The molecule has 0 unspecified atom stereocenters. The fourth-order valence-electron chi connectivity index (χ4n) is 1.78. The second-order valence-corrected chi connectivity index (χ2v) is 6.50. The zero-order chi connectivity index (χ0) is 16.7. The number of nitrogens with one attached hydrogen (secondary N) is 1. The summed E-state index contributed by atoms with van der Waals surface area (Å²) in [6.07, 6.45) is 3.07. The molecule has 2 rings (SSSR count). The van der Waals surface area contributed by atoms with Crippen LogP contribution in [0.2, 0.25) is 0 Å². The van der Waals surface area contributed by atoms with Crippen LogP contribution >= 0.6 is 0 Å². The molecule has 2 aromatic carbocycles. The summed E-state index contributed by atoms with van der Waals surface area (Å²) in [6.45, 7) is 5.88. The fraction of sp³-hybridized carbons (Fsp3) is 0.118. The van der Waals surface area contributed by atoms with Crippen molar-refractivity contribution in [3.63, 3.8) is 0 Å². The van der Waals surface area contributed by atoms with Gasteiger partial charge in [0.1, 0.15) is 12.4 Å². The predicted molar refractivity (Wildman–Crippen MR) is 91.2 cm³/mol. The number of ether oxygens (including phenoxy) is 1. The van der Waals surface area contributed by atoms with Crippen LogP contribution < -0.4 is 9.57 Å². The quantitative estimate of drug-likeness (QED) is 0.482. The van der Waals surface area contributed by atoms with Crippen molar-refractivity contribution in [1.29, 1.82) is 0 Å². The van der Waals surface area contributed by atoms with Crippen LogP contribution in [0.1, 0.15) is 11.1 Å². The van der Waals surface area contributed by atoms with Crippen LogP contribution in [0.3, 0.4) is 0 Å². The van der Waals surface area contributed by atoms with E-state index in [1.54, 1.807) is 42.5 Å². The zero-order valence-electron chi connectivity index (χ0n) is 12.8. The summed E-state index contributed by atoms with van der Waals surface area (Å²) in [5, 5.41) is 3.79. The Hall–Kier alpha value is -2.60. The number of sulfonamides is 1. The lowest BCUT2D eigenvalue weighted by molar-refractivity contribution is 0.363. The van der Waals surface area contributed by atoms with Crippen molar-refractivity contribution < 1.29 is 13.2 Å². The van der Waals surface area contributed by atoms with Crippen LogP contribution in [0, 0.1) is 6.92 Å². The number of hydrogen-bond acceptors (Lipinski definition) is 4. The summed E-state index contributed by atoms with van der Waals surface area (Å²) in [5.74, 6) is 0.662. The Labute approximate surface area is 136 Å². The molecular weight excluding hydrogens is 312 g/mol. The molecule has 0 saturated heterocycles. The van der Waals surface area contributed by atoms with Gasteiger partial charge < -0.3 is 4.74 Å². The minimum atomic E-state index is -3.66.